The molecule has 22 heavy (non-hydrogen) atoms. The second-order valence-corrected chi connectivity index (χ2v) is 4.71. The predicted molar refractivity (Wildman–Crippen MR) is 80.6 cm³/mol. The Morgan fingerprint density at radius 2 is 1.82 bits per heavy atom. The zero-order chi connectivity index (χ0) is 15.5. The third-order valence-electron chi connectivity index (χ3n) is 3.27. The van der Waals surface area contributed by atoms with Crippen molar-refractivity contribution in [2.75, 3.05) is 0 Å². The van der Waals surface area contributed by atoms with Crippen molar-refractivity contribution >= 4 is 23.2 Å². The molecule has 3 rings (SSSR count). The quantitative estimate of drug-likeness (QED) is 0.732. The molecule has 0 aliphatic rings. The second-order valence-electron chi connectivity index (χ2n) is 4.71. The molecular weight excluding hydrogens is 284 g/mol. The molecule has 0 atom stereocenters. The number of hydrogen-bond donors (Lipinski definition) is 0. The van der Waals surface area contributed by atoms with Crippen molar-refractivity contribution in [1.29, 1.82) is 5.26 Å². The van der Waals surface area contributed by atoms with Crippen LogP contribution in [0.2, 0.25) is 0 Å². The van der Waals surface area contributed by atoms with Crippen molar-refractivity contribution < 1.29 is 8.78 Å². The molecule has 0 radical (unpaired) electrons. The molecule has 1 aromatic heterocycles. The van der Waals surface area contributed by atoms with E-state index in [1.807, 2.05) is 42.5 Å². The second kappa shape index (κ2) is 5.78. The maximum Gasteiger partial charge on any atom is 0.161 e. The summed E-state index contributed by atoms with van der Waals surface area (Å²) in [6.45, 7) is 0.00996. The maximum atomic E-state index is 13.4. The van der Waals surface area contributed by atoms with Crippen LogP contribution in [0.1, 0.15) is 11.4 Å². The molecule has 0 spiro atoms. The number of aromatic nitrogens is 2. The molecule has 0 N–H and O–H groups in total. The lowest BCUT2D eigenvalue weighted by Gasteiger charge is -2.01. The van der Waals surface area contributed by atoms with Crippen molar-refractivity contribution in [3.8, 4) is 6.07 Å². The number of fused-ring (bicyclic) bond motifs is 1. The largest absolute Gasteiger partial charge is 0.310 e. The zero-order valence-corrected chi connectivity index (χ0v) is 11.5. The van der Waals surface area contributed by atoms with Crippen LogP contribution in [-0.4, -0.2) is 9.55 Å². The summed E-state index contributed by atoms with van der Waals surface area (Å²) in [7, 11) is 0. The minimum absolute atomic E-state index is 0.00996. The first-order chi connectivity index (χ1) is 10.7. The molecule has 0 bridgehead atoms. The molecule has 0 saturated carbocycles. The van der Waals surface area contributed by atoms with Crippen LogP contribution in [0.25, 0.3) is 23.2 Å². The summed E-state index contributed by atoms with van der Waals surface area (Å²) in [6.07, 6.45) is 3.56. The Kier molecular flexibility index (Phi) is 3.67. The van der Waals surface area contributed by atoms with E-state index in [1.165, 1.54) is 0 Å². The Morgan fingerprint density at radius 1 is 1.09 bits per heavy atom. The first kappa shape index (κ1) is 14.0. The summed E-state index contributed by atoms with van der Waals surface area (Å²) in [4.78, 5) is 4.27. The van der Waals surface area contributed by atoms with Gasteiger partial charge in [-0.3, -0.25) is 0 Å². The van der Waals surface area contributed by atoms with E-state index in [4.69, 9.17) is 5.26 Å². The zero-order valence-electron chi connectivity index (χ0n) is 11.5. The van der Waals surface area contributed by atoms with Gasteiger partial charge in [0.2, 0.25) is 0 Å². The summed E-state index contributed by atoms with van der Waals surface area (Å²) < 4.78 is 28.3. The standard InChI is InChI=1S/C17H11F2N3/c18-13-10-15-16(11-14(13)19)22(9-8-20)17(21-15)7-6-12-4-2-1-3-5-12/h1-7,10-11H,9H2/b7-6+. The Hall–Kier alpha value is -3.00. The minimum Gasteiger partial charge on any atom is -0.310 e. The Bertz CT molecular complexity index is 890. The third kappa shape index (κ3) is 2.59. The van der Waals surface area contributed by atoms with Crippen molar-refractivity contribution in [2.24, 2.45) is 0 Å². The Morgan fingerprint density at radius 3 is 2.55 bits per heavy atom. The number of halogens is 2. The van der Waals surface area contributed by atoms with Crippen LogP contribution in [-0.2, 0) is 6.54 Å². The van der Waals surface area contributed by atoms with Crippen molar-refractivity contribution in [2.45, 2.75) is 6.54 Å². The topological polar surface area (TPSA) is 41.6 Å². The number of imidazole rings is 1. The summed E-state index contributed by atoms with van der Waals surface area (Å²) >= 11 is 0. The van der Waals surface area contributed by atoms with E-state index in [-0.39, 0.29) is 6.54 Å². The summed E-state index contributed by atoms with van der Waals surface area (Å²) in [6, 6.07) is 13.7. The lowest BCUT2D eigenvalue weighted by atomic mass is 10.2. The SMILES string of the molecule is N#CCn1c(/C=C/c2ccccc2)nc2cc(F)c(F)cc21. The van der Waals surface area contributed by atoms with Crippen LogP contribution in [0.4, 0.5) is 8.78 Å². The van der Waals surface area contributed by atoms with Gasteiger partial charge < -0.3 is 4.57 Å². The highest BCUT2D eigenvalue weighted by molar-refractivity contribution is 5.80. The Labute approximate surface area is 125 Å². The van der Waals surface area contributed by atoms with E-state index in [1.54, 1.807) is 10.6 Å². The van der Waals surface area contributed by atoms with Crippen LogP contribution in [0.3, 0.4) is 0 Å². The van der Waals surface area contributed by atoms with E-state index in [0.29, 0.717) is 16.9 Å². The van der Waals surface area contributed by atoms with Crippen molar-refractivity contribution in [1.82, 2.24) is 9.55 Å². The summed E-state index contributed by atoms with van der Waals surface area (Å²) in [5, 5.41) is 8.94. The Balaban J connectivity index is 2.10. The summed E-state index contributed by atoms with van der Waals surface area (Å²) in [5.41, 5.74) is 1.69. The number of hydrogen-bond acceptors (Lipinski definition) is 2. The van der Waals surface area contributed by atoms with Crippen LogP contribution < -0.4 is 0 Å². The fourth-order valence-corrected chi connectivity index (χ4v) is 2.24. The van der Waals surface area contributed by atoms with E-state index < -0.39 is 11.6 Å². The highest BCUT2D eigenvalue weighted by Crippen LogP contribution is 2.21. The van der Waals surface area contributed by atoms with Gasteiger partial charge in [0, 0.05) is 12.1 Å². The van der Waals surface area contributed by atoms with Gasteiger partial charge in [-0.1, -0.05) is 36.4 Å². The van der Waals surface area contributed by atoms with Gasteiger partial charge in [-0.25, -0.2) is 13.8 Å². The van der Waals surface area contributed by atoms with E-state index in [9.17, 15) is 8.78 Å². The lowest BCUT2D eigenvalue weighted by Crippen LogP contribution is -1.98. The van der Waals surface area contributed by atoms with Gasteiger partial charge in [0.25, 0.3) is 0 Å². The van der Waals surface area contributed by atoms with Gasteiger partial charge in [0.05, 0.1) is 17.1 Å². The molecule has 0 aliphatic heterocycles. The molecular formula is C17H11F2N3. The average Bonchev–Trinajstić information content (AvgIpc) is 2.84. The molecule has 3 aromatic rings. The fraction of sp³-hybridized carbons (Fsp3) is 0.0588. The first-order valence-electron chi connectivity index (χ1n) is 6.64. The smallest absolute Gasteiger partial charge is 0.161 e. The predicted octanol–water partition coefficient (Wildman–Crippen LogP) is 4.01. The van der Waals surface area contributed by atoms with Gasteiger partial charge in [-0.2, -0.15) is 5.26 Å². The highest BCUT2D eigenvalue weighted by Gasteiger charge is 2.12. The molecule has 0 unspecified atom stereocenters. The van der Waals surface area contributed by atoms with Crippen LogP contribution in [0, 0.1) is 23.0 Å². The van der Waals surface area contributed by atoms with Crippen LogP contribution in [0.5, 0.6) is 0 Å². The van der Waals surface area contributed by atoms with E-state index in [2.05, 4.69) is 4.98 Å². The molecule has 1 heterocycles. The molecule has 108 valence electrons. The third-order valence-corrected chi connectivity index (χ3v) is 3.27. The molecule has 3 nitrogen and oxygen atoms in total. The molecule has 5 heteroatoms. The first-order valence-corrected chi connectivity index (χ1v) is 6.64. The van der Waals surface area contributed by atoms with Crippen LogP contribution in [0.15, 0.2) is 42.5 Å². The highest BCUT2D eigenvalue weighted by atomic mass is 19.2. The maximum absolute atomic E-state index is 13.4. The average molecular weight is 295 g/mol. The van der Waals surface area contributed by atoms with E-state index in [0.717, 1.165) is 17.7 Å². The van der Waals surface area contributed by atoms with Crippen molar-refractivity contribution in [3.05, 3.63) is 65.5 Å². The molecule has 0 saturated heterocycles. The number of rotatable bonds is 3. The van der Waals surface area contributed by atoms with Crippen LogP contribution >= 0.6 is 0 Å². The summed E-state index contributed by atoms with van der Waals surface area (Å²) in [5.74, 6) is -1.43. The molecule has 0 aliphatic carbocycles. The van der Waals surface area contributed by atoms with Gasteiger partial charge in [-0.05, 0) is 11.6 Å². The normalized spacial score (nSPS) is 11.1. The number of benzene rings is 2. The molecule has 0 fully saturated rings. The van der Waals surface area contributed by atoms with Gasteiger partial charge in [0.1, 0.15) is 12.4 Å². The molecule has 0 amide bonds. The van der Waals surface area contributed by atoms with Gasteiger partial charge in [0.15, 0.2) is 11.6 Å². The fourth-order valence-electron chi connectivity index (χ4n) is 2.24. The lowest BCUT2D eigenvalue weighted by molar-refractivity contribution is 0.510. The number of nitrogens with zero attached hydrogens (tertiary/aromatic N) is 3. The van der Waals surface area contributed by atoms with Gasteiger partial charge >= 0.3 is 0 Å². The monoisotopic (exact) mass is 295 g/mol. The van der Waals surface area contributed by atoms with E-state index >= 15 is 0 Å². The van der Waals surface area contributed by atoms with Gasteiger partial charge in [-0.15, -0.1) is 0 Å². The minimum atomic E-state index is -0.954. The molecule has 2 aromatic carbocycles. The number of nitriles is 1. The van der Waals surface area contributed by atoms with Crippen molar-refractivity contribution in [3.63, 3.8) is 0 Å².